The Morgan fingerprint density at radius 1 is 1.06 bits per heavy atom. The molecule has 1 aliphatic rings. The van der Waals surface area contributed by atoms with Crippen LogP contribution in [0.1, 0.15) is 55.5 Å². The second-order valence-corrected chi connectivity index (χ2v) is 17.0. The molecule has 0 bridgehead atoms. The van der Waals surface area contributed by atoms with E-state index >= 15 is 0 Å². The molecule has 0 amide bonds. The van der Waals surface area contributed by atoms with E-state index in [1.54, 1.807) is 24.3 Å². The third kappa shape index (κ3) is 5.59. The molecule has 32 heavy (non-hydrogen) atoms. The fourth-order valence-corrected chi connectivity index (χ4v) is 14.0. The van der Waals surface area contributed by atoms with Gasteiger partial charge in [0.15, 0.2) is 0 Å². The van der Waals surface area contributed by atoms with Gasteiger partial charge in [0, 0.05) is 0 Å². The number of nitrogens with zero attached hydrogens (tertiary/aromatic N) is 2. The van der Waals surface area contributed by atoms with Crippen LogP contribution in [0.5, 0.6) is 11.5 Å². The van der Waals surface area contributed by atoms with E-state index in [1.807, 2.05) is 0 Å². The van der Waals surface area contributed by atoms with Crippen molar-refractivity contribution in [2.24, 2.45) is 4.99 Å². The van der Waals surface area contributed by atoms with Crippen molar-refractivity contribution in [3.63, 3.8) is 0 Å². The molecule has 2 aromatic rings. The topological polar surface area (TPSA) is 100 Å². The van der Waals surface area contributed by atoms with Crippen molar-refractivity contribution in [3.8, 4) is 11.5 Å². The number of methoxy groups -OCH3 is 1. The van der Waals surface area contributed by atoms with Crippen molar-refractivity contribution in [2.75, 3.05) is 7.11 Å². The first-order valence-corrected chi connectivity index (χ1v) is 17.2. The number of hydrogen-bond acceptors (Lipinski definition) is 7. The van der Waals surface area contributed by atoms with E-state index in [1.165, 1.54) is 25.5 Å². The quantitative estimate of drug-likeness (QED) is 0.176. The number of nitro groups is 1. The second-order valence-electron chi connectivity index (χ2n) is 7.73. The van der Waals surface area contributed by atoms with Crippen LogP contribution in [-0.4, -0.2) is 43.4 Å². The van der Waals surface area contributed by atoms with Crippen molar-refractivity contribution < 1.29 is 20.6 Å². The van der Waals surface area contributed by atoms with E-state index in [-0.39, 0.29) is 5.69 Å². The first-order valence-electron chi connectivity index (χ1n) is 10.8. The second kappa shape index (κ2) is 10.8. The van der Waals surface area contributed by atoms with E-state index in [2.05, 4.69) is 18.8 Å². The molecule has 0 spiro atoms. The molecule has 0 aliphatic carbocycles. The Morgan fingerprint density at radius 3 is 2.34 bits per heavy atom. The minimum atomic E-state index is -3.75. The van der Waals surface area contributed by atoms with Crippen LogP contribution in [0.15, 0.2) is 41.4 Å². The molecule has 1 aliphatic heterocycles. The number of carbonyl (C=O) groups is 1. The van der Waals surface area contributed by atoms with E-state index in [4.69, 9.17) is 10.9 Å². The summed E-state index contributed by atoms with van der Waals surface area (Å²) in [5.74, 6) is 0.657. The van der Waals surface area contributed by atoms with Crippen molar-refractivity contribution in [3.05, 3.63) is 57.6 Å². The molecule has 2 aromatic carbocycles. The molecular weight excluding hydrogens is 519 g/mol. The molecule has 0 fully saturated rings. The number of fused-ring (bicyclic) bond motifs is 2. The molecule has 9 heteroatoms. The predicted molar refractivity (Wildman–Crippen MR) is 125 cm³/mol. The summed E-state index contributed by atoms with van der Waals surface area (Å²) in [5.41, 5.74) is 1.32. The summed E-state index contributed by atoms with van der Waals surface area (Å²) < 4.78 is 19.9. The summed E-state index contributed by atoms with van der Waals surface area (Å²) in [6.45, 7) is 4.26. The SMILES string of the molecule is CCC[CH2][Sn]1([CH2]CCC)[O]c2ccc([N+](=O)[O-])cc2C=Nc2cc(C(=O)OC)ccc2[O]1. The normalized spacial score (nSPS) is 14.0. The van der Waals surface area contributed by atoms with Gasteiger partial charge in [-0.2, -0.15) is 0 Å². The fourth-order valence-electron chi connectivity index (χ4n) is 3.57. The van der Waals surface area contributed by atoms with Gasteiger partial charge in [0.05, 0.1) is 0 Å². The number of esters is 1. The van der Waals surface area contributed by atoms with E-state index in [9.17, 15) is 14.9 Å². The van der Waals surface area contributed by atoms with Gasteiger partial charge in [-0.15, -0.1) is 0 Å². The van der Waals surface area contributed by atoms with Crippen LogP contribution in [0.3, 0.4) is 0 Å². The number of unbranched alkanes of at least 4 members (excludes halogenated alkanes) is 2. The molecule has 1 heterocycles. The number of ether oxygens (including phenoxy) is 1. The van der Waals surface area contributed by atoms with Crippen molar-refractivity contribution in [2.45, 2.75) is 48.4 Å². The Bertz CT molecular complexity index is 1020. The van der Waals surface area contributed by atoms with Crippen molar-refractivity contribution >= 4 is 42.8 Å². The average molecular weight is 547 g/mol. The summed E-state index contributed by atoms with van der Waals surface area (Å²) in [6.07, 6.45) is 5.49. The molecule has 0 saturated heterocycles. The monoisotopic (exact) mass is 548 g/mol. The zero-order valence-corrected chi connectivity index (χ0v) is 21.5. The number of nitro benzene ring substituents is 1. The van der Waals surface area contributed by atoms with Gasteiger partial charge in [-0.1, -0.05) is 0 Å². The minimum absolute atomic E-state index is 0.0367. The van der Waals surface area contributed by atoms with Crippen LogP contribution in [0.4, 0.5) is 11.4 Å². The zero-order chi connectivity index (χ0) is 23.1. The van der Waals surface area contributed by atoms with Gasteiger partial charge >= 0.3 is 193 Å². The maximum atomic E-state index is 12.0. The Kier molecular flexibility index (Phi) is 8.11. The van der Waals surface area contributed by atoms with Gasteiger partial charge < -0.3 is 0 Å². The summed E-state index contributed by atoms with van der Waals surface area (Å²) in [5, 5.41) is 11.3. The molecule has 0 aromatic heterocycles. The number of non-ortho nitro benzene ring substituents is 1. The van der Waals surface area contributed by atoms with Gasteiger partial charge in [0.1, 0.15) is 0 Å². The molecule has 3 rings (SSSR count). The molecule has 0 radical (unpaired) electrons. The standard InChI is InChI=1S/C15H12N2O6.2C4H9.Sn/c1-23-15(20)9-2-4-14(19)12(7-9)16-8-10-6-11(17(21)22)3-5-13(10)18;2*1-3-4-2;/h2-8,18-19H,1H3;2*1,3-4H2,2H3;/q;;;+2/p-2. The van der Waals surface area contributed by atoms with Crippen molar-refractivity contribution in [1.29, 1.82) is 0 Å². The summed E-state index contributed by atoms with van der Waals surface area (Å²) in [6, 6.07) is 9.57. The molecule has 0 N–H and O–H groups in total. The Labute approximate surface area is 192 Å². The zero-order valence-electron chi connectivity index (χ0n) is 18.6. The van der Waals surface area contributed by atoms with Crippen LogP contribution in [0.25, 0.3) is 0 Å². The van der Waals surface area contributed by atoms with Gasteiger partial charge in [0.2, 0.25) is 0 Å². The van der Waals surface area contributed by atoms with Crippen LogP contribution in [0.2, 0.25) is 8.87 Å². The number of benzene rings is 2. The average Bonchev–Trinajstić information content (AvgIpc) is 2.86. The Balaban J connectivity index is 2.18. The van der Waals surface area contributed by atoms with Crippen LogP contribution in [-0.2, 0) is 4.74 Å². The van der Waals surface area contributed by atoms with Crippen LogP contribution >= 0.6 is 0 Å². The predicted octanol–water partition coefficient (Wildman–Crippen LogP) is 5.95. The molecule has 8 nitrogen and oxygen atoms in total. The number of rotatable bonds is 8. The Hall–Kier alpha value is -2.62. The molecule has 0 unspecified atom stereocenters. The molecule has 0 atom stereocenters. The van der Waals surface area contributed by atoms with Crippen molar-refractivity contribution in [1.82, 2.24) is 0 Å². The van der Waals surface area contributed by atoms with Gasteiger partial charge in [-0.3, -0.25) is 0 Å². The first kappa shape index (κ1) is 24.0. The Morgan fingerprint density at radius 2 is 1.72 bits per heavy atom. The van der Waals surface area contributed by atoms with Gasteiger partial charge in [-0.25, -0.2) is 0 Å². The fraction of sp³-hybridized carbons (Fsp3) is 0.391. The molecule has 170 valence electrons. The number of hydrogen-bond donors (Lipinski definition) is 0. The summed E-state index contributed by atoms with van der Waals surface area (Å²) >= 11 is -3.75. The van der Waals surface area contributed by atoms with Gasteiger partial charge in [0.25, 0.3) is 0 Å². The maximum absolute atomic E-state index is 12.0. The van der Waals surface area contributed by atoms with E-state index in [0.29, 0.717) is 28.3 Å². The summed E-state index contributed by atoms with van der Waals surface area (Å²) in [7, 11) is 1.32. The van der Waals surface area contributed by atoms with Crippen LogP contribution in [0, 0.1) is 10.1 Å². The molecule has 0 saturated carbocycles. The van der Waals surface area contributed by atoms with E-state index in [0.717, 1.165) is 34.6 Å². The third-order valence-electron chi connectivity index (χ3n) is 5.34. The van der Waals surface area contributed by atoms with E-state index < -0.39 is 30.1 Å². The number of aliphatic imine (C=N–C) groups is 1. The molecular formula is C23H28N2O6Sn. The first-order chi connectivity index (χ1) is 15.4. The van der Waals surface area contributed by atoms with Gasteiger partial charge in [-0.05, 0) is 0 Å². The third-order valence-corrected chi connectivity index (χ3v) is 15.1. The summed E-state index contributed by atoms with van der Waals surface area (Å²) in [4.78, 5) is 27.5. The van der Waals surface area contributed by atoms with Crippen LogP contribution < -0.4 is 6.15 Å². The number of carbonyl (C=O) groups excluding carboxylic acids is 1.